The van der Waals surface area contributed by atoms with Gasteiger partial charge in [0.15, 0.2) is 0 Å². The maximum atomic E-state index is 14.6. The van der Waals surface area contributed by atoms with Crippen molar-refractivity contribution in [2.45, 2.75) is 57.1 Å². The van der Waals surface area contributed by atoms with Crippen LogP contribution in [0.1, 0.15) is 37.5 Å². The molecule has 0 bridgehead atoms. The number of carbonyl (C=O) groups is 2. The molecule has 4 aromatic rings. The highest BCUT2D eigenvalue weighted by Gasteiger charge is 2.35. The van der Waals surface area contributed by atoms with Crippen molar-refractivity contribution in [2.75, 3.05) is 18.0 Å². The molecule has 46 heavy (non-hydrogen) atoms. The van der Waals surface area contributed by atoms with Gasteiger partial charge in [-0.3, -0.25) is 13.9 Å². The Labute approximate surface area is 277 Å². The smallest absolute Gasteiger partial charge is 0.264 e. The highest BCUT2D eigenvalue weighted by molar-refractivity contribution is 7.92. The largest absolute Gasteiger partial charge is 0.497 e. The van der Waals surface area contributed by atoms with Crippen LogP contribution >= 0.6 is 11.6 Å². The summed E-state index contributed by atoms with van der Waals surface area (Å²) >= 11 is 6.31. The van der Waals surface area contributed by atoms with Crippen molar-refractivity contribution in [3.05, 3.63) is 125 Å². The average Bonchev–Trinajstić information content (AvgIpc) is 3.01. The Balaban J connectivity index is 1.81. The Morgan fingerprint density at radius 1 is 0.870 bits per heavy atom. The van der Waals surface area contributed by atoms with Gasteiger partial charge in [0.25, 0.3) is 10.0 Å². The first-order valence-corrected chi connectivity index (χ1v) is 16.7. The predicted molar refractivity (Wildman–Crippen MR) is 183 cm³/mol. The SMILES string of the molecule is COc1ccc(S(=O)(=O)N(CC(=O)N(Cc2cccc(Cl)c2)[C@@H](Cc2ccccc2)C(=O)NC(C)(C)C)c2ccc(C)cc2)cc1. The number of methoxy groups -OCH3 is 1. The molecule has 4 rings (SSSR count). The van der Waals surface area contributed by atoms with Gasteiger partial charge in [0.1, 0.15) is 18.3 Å². The summed E-state index contributed by atoms with van der Waals surface area (Å²) in [6.07, 6.45) is 0.213. The lowest BCUT2D eigenvalue weighted by molar-refractivity contribution is -0.140. The maximum absolute atomic E-state index is 14.6. The second kappa shape index (κ2) is 14.8. The topological polar surface area (TPSA) is 96.0 Å². The number of sulfonamides is 1. The molecule has 1 N–H and O–H groups in total. The van der Waals surface area contributed by atoms with Crippen molar-refractivity contribution in [3.8, 4) is 5.75 Å². The predicted octanol–water partition coefficient (Wildman–Crippen LogP) is 6.41. The van der Waals surface area contributed by atoms with Gasteiger partial charge >= 0.3 is 0 Å². The summed E-state index contributed by atoms with van der Waals surface area (Å²) < 4.78 is 34.7. The Bertz CT molecular complexity index is 1740. The molecule has 0 fully saturated rings. The molecular weight excluding hydrogens is 622 g/mol. The quantitative estimate of drug-likeness (QED) is 0.189. The van der Waals surface area contributed by atoms with Crippen LogP contribution in [0.5, 0.6) is 5.75 Å². The lowest BCUT2D eigenvalue weighted by Crippen LogP contribution is -2.56. The van der Waals surface area contributed by atoms with Crippen LogP contribution in [0.4, 0.5) is 5.69 Å². The van der Waals surface area contributed by atoms with Crippen LogP contribution < -0.4 is 14.4 Å². The summed E-state index contributed by atoms with van der Waals surface area (Å²) in [6.45, 7) is 6.98. The van der Waals surface area contributed by atoms with Crippen molar-refractivity contribution in [1.29, 1.82) is 0 Å². The lowest BCUT2D eigenvalue weighted by Gasteiger charge is -2.35. The number of nitrogens with one attached hydrogen (secondary N) is 1. The second-order valence-corrected chi connectivity index (χ2v) is 14.4. The van der Waals surface area contributed by atoms with E-state index in [9.17, 15) is 18.0 Å². The summed E-state index contributed by atoms with van der Waals surface area (Å²) in [7, 11) is -2.73. The van der Waals surface area contributed by atoms with E-state index in [1.165, 1.54) is 24.1 Å². The van der Waals surface area contributed by atoms with Gasteiger partial charge in [-0.25, -0.2) is 8.42 Å². The summed E-state index contributed by atoms with van der Waals surface area (Å²) in [4.78, 5) is 30.0. The minimum absolute atomic E-state index is 0.00521. The number of anilines is 1. The number of rotatable bonds is 12. The zero-order valence-electron chi connectivity index (χ0n) is 26.7. The van der Waals surface area contributed by atoms with Crippen LogP contribution in [0, 0.1) is 6.92 Å². The van der Waals surface area contributed by atoms with Crippen molar-refractivity contribution >= 4 is 39.1 Å². The second-order valence-electron chi connectivity index (χ2n) is 12.1. The van der Waals surface area contributed by atoms with Gasteiger partial charge in [-0.05, 0) is 87.4 Å². The van der Waals surface area contributed by atoms with Gasteiger partial charge < -0.3 is 15.0 Å². The molecule has 8 nitrogen and oxygen atoms in total. The van der Waals surface area contributed by atoms with Gasteiger partial charge in [0.2, 0.25) is 11.8 Å². The van der Waals surface area contributed by atoms with Gasteiger partial charge in [0, 0.05) is 23.5 Å². The normalized spacial score (nSPS) is 12.2. The fourth-order valence-corrected chi connectivity index (χ4v) is 6.58. The number of halogens is 1. The Morgan fingerprint density at radius 3 is 2.09 bits per heavy atom. The zero-order valence-corrected chi connectivity index (χ0v) is 28.3. The summed E-state index contributed by atoms with van der Waals surface area (Å²) in [5.74, 6) is -0.410. The molecule has 0 aliphatic rings. The first-order chi connectivity index (χ1) is 21.8. The molecule has 0 saturated carbocycles. The molecule has 0 unspecified atom stereocenters. The fourth-order valence-electron chi connectivity index (χ4n) is 4.95. The summed E-state index contributed by atoms with van der Waals surface area (Å²) in [5, 5.41) is 3.51. The third-order valence-electron chi connectivity index (χ3n) is 7.26. The maximum Gasteiger partial charge on any atom is 0.264 e. The van der Waals surface area contributed by atoms with Crippen molar-refractivity contribution in [3.63, 3.8) is 0 Å². The standard InChI is InChI=1S/C36H40ClN3O5S/c1-26-14-16-30(17-15-26)40(46(43,44)32-20-18-31(45-5)19-21-32)25-34(41)39(24-28-12-9-13-29(37)22-28)33(35(42)38-36(2,3)4)23-27-10-7-6-8-11-27/h6-22,33H,23-25H2,1-5H3,(H,38,42)/t33-/m0/s1. The Morgan fingerprint density at radius 2 is 1.50 bits per heavy atom. The van der Waals surface area contributed by atoms with Gasteiger partial charge in [-0.1, -0.05) is 71.8 Å². The molecule has 0 heterocycles. The fraction of sp³-hybridized carbons (Fsp3) is 0.278. The molecule has 0 aromatic heterocycles. The number of aryl methyl sites for hydroxylation is 1. The molecule has 0 aliphatic carbocycles. The molecule has 0 saturated heterocycles. The highest BCUT2D eigenvalue weighted by Crippen LogP contribution is 2.27. The van der Waals surface area contributed by atoms with Crippen molar-refractivity contribution in [2.24, 2.45) is 0 Å². The molecule has 0 aliphatic heterocycles. The summed E-state index contributed by atoms with van der Waals surface area (Å²) in [6, 6.07) is 28.4. The lowest BCUT2D eigenvalue weighted by atomic mass is 10.0. The molecule has 0 spiro atoms. The number of amides is 2. The molecule has 1 atom stereocenters. The van der Waals surface area contributed by atoms with Crippen molar-refractivity contribution < 1.29 is 22.7 Å². The van der Waals surface area contributed by atoms with Gasteiger partial charge in [-0.2, -0.15) is 0 Å². The number of benzene rings is 4. The van der Waals surface area contributed by atoms with E-state index in [1.807, 2.05) is 64.1 Å². The van der Waals surface area contributed by atoms with E-state index < -0.39 is 34.1 Å². The number of hydrogen-bond acceptors (Lipinski definition) is 5. The van der Waals surface area contributed by atoms with Crippen LogP contribution in [0.3, 0.4) is 0 Å². The molecule has 4 aromatic carbocycles. The molecule has 0 radical (unpaired) electrons. The first kappa shape index (κ1) is 34.5. The zero-order chi connectivity index (χ0) is 33.5. The van der Waals surface area contributed by atoms with Crippen molar-refractivity contribution in [1.82, 2.24) is 10.2 Å². The number of carbonyl (C=O) groups excluding carboxylic acids is 2. The molecule has 242 valence electrons. The van der Waals surface area contributed by atoms with Crippen LogP contribution in [0.15, 0.2) is 108 Å². The van der Waals surface area contributed by atoms with E-state index in [0.29, 0.717) is 22.0 Å². The average molecular weight is 662 g/mol. The van der Waals surface area contributed by atoms with E-state index in [4.69, 9.17) is 16.3 Å². The minimum atomic E-state index is -4.23. The number of nitrogens with zero attached hydrogens (tertiary/aromatic N) is 2. The minimum Gasteiger partial charge on any atom is -0.497 e. The third kappa shape index (κ3) is 9.11. The molecule has 2 amide bonds. The van der Waals surface area contributed by atoms with E-state index >= 15 is 0 Å². The summed E-state index contributed by atoms with van der Waals surface area (Å²) in [5.41, 5.74) is 2.21. The highest BCUT2D eigenvalue weighted by atomic mass is 35.5. The Kier molecular flexibility index (Phi) is 11.1. The van der Waals surface area contributed by atoms with Crippen LogP contribution in [0.2, 0.25) is 5.02 Å². The van der Waals surface area contributed by atoms with E-state index in [1.54, 1.807) is 54.6 Å². The van der Waals surface area contributed by atoms with Crippen LogP contribution in [-0.4, -0.2) is 50.4 Å². The first-order valence-electron chi connectivity index (χ1n) is 14.9. The van der Waals surface area contributed by atoms with Gasteiger partial charge in [-0.15, -0.1) is 0 Å². The monoisotopic (exact) mass is 661 g/mol. The molecule has 10 heteroatoms. The number of hydrogen-bond donors (Lipinski definition) is 1. The number of ether oxygens (including phenoxy) is 1. The van der Waals surface area contributed by atoms with Gasteiger partial charge in [0.05, 0.1) is 17.7 Å². The van der Waals surface area contributed by atoms with E-state index in [2.05, 4.69) is 5.32 Å². The third-order valence-corrected chi connectivity index (χ3v) is 9.28. The van der Waals surface area contributed by atoms with Crippen LogP contribution in [0.25, 0.3) is 0 Å². The van der Waals surface area contributed by atoms with Crippen LogP contribution in [-0.2, 0) is 32.6 Å². The Hall–Kier alpha value is -4.34. The van der Waals surface area contributed by atoms with E-state index in [0.717, 1.165) is 15.4 Å². The molecular formula is C36H40ClN3O5S. The van der Waals surface area contributed by atoms with E-state index in [-0.39, 0.29) is 23.8 Å².